The van der Waals surface area contributed by atoms with E-state index < -0.39 is 68.7 Å². The highest BCUT2D eigenvalue weighted by atomic mass is 79.9. The Balaban J connectivity index is 1.96. The molecular formula is C24H12BrF10N3O5. The smallest absolute Gasteiger partial charge is 0.404 e. The van der Waals surface area contributed by atoms with Gasteiger partial charge < -0.3 is 15.4 Å². The summed E-state index contributed by atoms with van der Waals surface area (Å²) in [5.41, 5.74) is -10.4. The summed E-state index contributed by atoms with van der Waals surface area (Å²) < 4.78 is 135. The summed E-state index contributed by atoms with van der Waals surface area (Å²) >= 11 is 2.46. The quantitative estimate of drug-likeness (QED) is 0.148. The zero-order valence-corrected chi connectivity index (χ0v) is 22.0. The number of anilines is 2. The van der Waals surface area contributed by atoms with Crippen LogP contribution in [-0.2, 0) is 5.67 Å². The maximum atomic E-state index is 14.6. The van der Waals surface area contributed by atoms with Gasteiger partial charge in [0.1, 0.15) is 0 Å². The van der Waals surface area contributed by atoms with E-state index in [0.717, 1.165) is 36.4 Å². The Kier molecular flexibility index (Phi) is 9.00. The van der Waals surface area contributed by atoms with Gasteiger partial charge in [-0.3, -0.25) is 19.7 Å². The molecule has 2 amide bonds. The number of non-ortho nitro benzene ring substituents is 1. The Morgan fingerprint density at radius 3 is 1.84 bits per heavy atom. The molecule has 43 heavy (non-hydrogen) atoms. The Labute approximate surface area is 240 Å². The predicted molar refractivity (Wildman–Crippen MR) is 131 cm³/mol. The molecule has 0 fully saturated rings. The molecule has 230 valence electrons. The van der Waals surface area contributed by atoms with Crippen LogP contribution >= 0.6 is 15.9 Å². The van der Waals surface area contributed by atoms with Gasteiger partial charge in [-0.05, 0) is 58.4 Å². The molecule has 8 nitrogen and oxygen atoms in total. The van der Waals surface area contributed by atoms with Gasteiger partial charge in [-0.1, -0.05) is 6.07 Å². The minimum Gasteiger partial charge on any atom is -0.404 e. The average Bonchev–Trinajstić information content (AvgIpc) is 2.87. The molecule has 3 rings (SSSR count). The first-order valence-electron chi connectivity index (χ1n) is 11.0. The number of halogens is 11. The number of carbonyl (C=O) groups is 2. The number of ether oxygens (including phenoxy) is 1. The van der Waals surface area contributed by atoms with Crippen LogP contribution in [-0.4, -0.2) is 35.5 Å². The van der Waals surface area contributed by atoms with E-state index in [-0.39, 0.29) is 28.6 Å². The second-order valence-corrected chi connectivity index (χ2v) is 9.18. The van der Waals surface area contributed by atoms with Crippen LogP contribution < -0.4 is 15.4 Å². The van der Waals surface area contributed by atoms with Crippen molar-refractivity contribution in [1.82, 2.24) is 0 Å². The molecule has 3 aromatic carbocycles. The number of nitrogens with one attached hydrogen (secondary N) is 2. The van der Waals surface area contributed by atoms with E-state index in [1.54, 1.807) is 0 Å². The Hall–Kier alpha value is -4.42. The van der Waals surface area contributed by atoms with Gasteiger partial charge in [-0.2, -0.15) is 26.3 Å². The molecule has 0 aliphatic rings. The first kappa shape index (κ1) is 33.1. The van der Waals surface area contributed by atoms with E-state index >= 15 is 0 Å². The van der Waals surface area contributed by atoms with Gasteiger partial charge in [-0.15, -0.1) is 13.2 Å². The van der Waals surface area contributed by atoms with Gasteiger partial charge in [0, 0.05) is 39.0 Å². The number of benzene rings is 3. The molecule has 0 aliphatic carbocycles. The highest BCUT2D eigenvalue weighted by Gasteiger charge is 2.73. The lowest BCUT2D eigenvalue weighted by atomic mass is 9.93. The van der Waals surface area contributed by atoms with Crippen LogP contribution in [0.3, 0.4) is 0 Å². The third-order valence-electron chi connectivity index (χ3n) is 5.42. The molecule has 0 bridgehead atoms. The summed E-state index contributed by atoms with van der Waals surface area (Å²) in [4.78, 5) is 35.3. The van der Waals surface area contributed by atoms with Crippen molar-refractivity contribution in [3.8, 4) is 5.75 Å². The van der Waals surface area contributed by atoms with Crippen molar-refractivity contribution in [3.63, 3.8) is 0 Å². The Morgan fingerprint density at radius 2 is 1.33 bits per heavy atom. The maximum Gasteiger partial charge on any atom is 0.573 e. The van der Waals surface area contributed by atoms with Crippen molar-refractivity contribution < 1.29 is 63.2 Å². The van der Waals surface area contributed by atoms with Crippen LogP contribution in [0.25, 0.3) is 0 Å². The highest BCUT2D eigenvalue weighted by Crippen LogP contribution is 2.55. The van der Waals surface area contributed by atoms with Crippen molar-refractivity contribution in [2.45, 2.75) is 24.4 Å². The fourth-order valence-electron chi connectivity index (χ4n) is 3.46. The molecule has 19 heteroatoms. The number of rotatable bonds is 7. The van der Waals surface area contributed by atoms with Crippen LogP contribution in [0.5, 0.6) is 5.75 Å². The second kappa shape index (κ2) is 11.7. The Bertz CT molecular complexity index is 1540. The molecular weight excluding hydrogens is 680 g/mol. The fourth-order valence-corrected chi connectivity index (χ4v) is 4.00. The van der Waals surface area contributed by atoms with Gasteiger partial charge in [0.15, 0.2) is 5.75 Å². The number of nitro groups is 1. The first-order valence-corrected chi connectivity index (χ1v) is 11.8. The lowest BCUT2D eigenvalue weighted by molar-refractivity contribution is -0.384. The lowest BCUT2D eigenvalue weighted by Crippen LogP contribution is -2.50. The second-order valence-electron chi connectivity index (χ2n) is 8.33. The third-order valence-corrected chi connectivity index (χ3v) is 6.05. The van der Waals surface area contributed by atoms with Crippen LogP contribution in [0.4, 0.5) is 61.0 Å². The molecule has 2 N–H and O–H groups in total. The van der Waals surface area contributed by atoms with Crippen LogP contribution in [0, 0.1) is 10.1 Å². The maximum absolute atomic E-state index is 14.6. The van der Waals surface area contributed by atoms with Crippen molar-refractivity contribution in [2.24, 2.45) is 0 Å². The summed E-state index contributed by atoms with van der Waals surface area (Å²) in [5, 5.41) is 14.9. The minimum atomic E-state index is -6.66. The monoisotopic (exact) mass is 691 g/mol. The molecule has 0 heterocycles. The first-order chi connectivity index (χ1) is 19.6. The minimum absolute atomic E-state index is 0.0416. The number of nitro benzene ring substituents is 1. The molecule has 0 saturated carbocycles. The third kappa shape index (κ3) is 7.33. The van der Waals surface area contributed by atoms with E-state index in [1.807, 2.05) is 5.32 Å². The summed E-state index contributed by atoms with van der Waals surface area (Å²) in [5.74, 6) is -3.90. The van der Waals surface area contributed by atoms with E-state index in [4.69, 9.17) is 0 Å². The molecule has 0 atom stereocenters. The predicted octanol–water partition coefficient (Wildman–Crippen LogP) is 8.05. The number of carbonyl (C=O) groups excluding carboxylic acids is 2. The van der Waals surface area contributed by atoms with Crippen molar-refractivity contribution >= 4 is 44.8 Å². The number of hydrogen-bond acceptors (Lipinski definition) is 5. The van der Waals surface area contributed by atoms with Crippen molar-refractivity contribution in [1.29, 1.82) is 0 Å². The van der Waals surface area contributed by atoms with Crippen molar-refractivity contribution in [2.75, 3.05) is 10.6 Å². The zero-order valence-electron chi connectivity index (χ0n) is 20.4. The van der Waals surface area contributed by atoms with Gasteiger partial charge in [0.25, 0.3) is 17.5 Å². The lowest BCUT2D eigenvalue weighted by Gasteiger charge is -2.31. The highest BCUT2D eigenvalue weighted by molar-refractivity contribution is 9.10. The summed E-state index contributed by atoms with van der Waals surface area (Å²) in [7, 11) is 0. The number of hydrogen-bond donors (Lipinski definition) is 2. The molecule has 0 aliphatic heterocycles. The summed E-state index contributed by atoms with van der Waals surface area (Å²) in [6.45, 7) is 0. The van der Waals surface area contributed by atoms with Gasteiger partial charge in [0.2, 0.25) is 0 Å². The standard InChI is InChI=1S/C24H12BrF10N3O5/c25-16-9-13(21(26,22(27,28)29)23(30,31)32)10-17(43-24(33,34)35)18(16)37-20(40)12-2-1-3-14(8-12)36-19(39)11-4-6-15(7-5-11)38(41)42/h1-10H,(H,36,39)(H,37,40). The molecule has 0 spiro atoms. The van der Waals surface area contributed by atoms with Crippen LogP contribution in [0.15, 0.2) is 65.1 Å². The number of amides is 2. The normalized spacial score (nSPS) is 12.4. The van der Waals surface area contributed by atoms with E-state index in [2.05, 4.69) is 26.0 Å². The van der Waals surface area contributed by atoms with E-state index in [9.17, 15) is 63.6 Å². The SMILES string of the molecule is O=C(Nc1cccc(C(=O)Nc2c(Br)cc(C(F)(C(F)(F)F)C(F)(F)F)cc2OC(F)(F)F)c1)c1ccc([N+](=O)[O-])cc1. The zero-order chi connectivity index (χ0) is 32.5. The van der Waals surface area contributed by atoms with Gasteiger partial charge in [0.05, 0.1) is 10.6 Å². The molecule has 0 saturated heterocycles. The molecule has 0 unspecified atom stereocenters. The fraction of sp³-hybridized carbons (Fsp3) is 0.167. The average molecular weight is 692 g/mol. The topological polar surface area (TPSA) is 111 Å². The molecule has 3 aromatic rings. The number of nitrogens with zero attached hydrogens (tertiary/aromatic N) is 1. The number of alkyl halides is 10. The Morgan fingerprint density at radius 1 is 0.767 bits per heavy atom. The molecule has 0 aromatic heterocycles. The van der Waals surface area contributed by atoms with Crippen LogP contribution in [0.1, 0.15) is 26.3 Å². The summed E-state index contributed by atoms with van der Waals surface area (Å²) in [6.07, 6.45) is -19.0. The van der Waals surface area contributed by atoms with E-state index in [0.29, 0.717) is 0 Å². The summed E-state index contributed by atoms with van der Waals surface area (Å²) in [6, 6.07) is 8.21. The van der Waals surface area contributed by atoms with Crippen molar-refractivity contribution in [3.05, 3.63) is 91.9 Å². The van der Waals surface area contributed by atoms with Gasteiger partial charge in [-0.25, -0.2) is 4.39 Å². The van der Waals surface area contributed by atoms with E-state index in [1.165, 1.54) is 12.1 Å². The molecule has 0 radical (unpaired) electrons. The van der Waals surface area contributed by atoms with Gasteiger partial charge >= 0.3 is 24.4 Å². The van der Waals surface area contributed by atoms with Crippen LogP contribution in [0.2, 0.25) is 0 Å². The largest absolute Gasteiger partial charge is 0.573 e.